The van der Waals surface area contributed by atoms with Crippen molar-refractivity contribution in [2.24, 2.45) is 5.10 Å². The van der Waals surface area contributed by atoms with E-state index in [1.165, 1.54) is 5.01 Å². The second-order valence-electron chi connectivity index (χ2n) is 7.22. The number of Topliss-reactive ketones (excluding diaryl/α,β-unsaturated/α-hetero) is 1. The lowest BCUT2D eigenvalue weighted by molar-refractivity contribution is -0.140. The number of hydrazone groups is 1. The third-order valence-electron chi connectivity index (χ3n) is 4.68. The van der Waals surface area contributed by atoms with Gasteiger partial charge in [0.2, 0.25) is 16.2 Å². The van der Waals surface area contributed by atoms with Crippen LogP contribution in [0.15, 0.2) is 29.0 Å². The minimum atomic E-state index is -2.41. The number of amides is 1. The van der Waals surface area contributed by atoms with E-state index in [2.05, 4.69) is 10.0 Å². The quantitative estimate of drug-likeness (QED) is 0.457. The number of rotatable bonds is 6. The number of morpholine rings is 1. The standard InChI is InChI=1S/C14H17N3O4S.C6H10O3/c1-10-8-14(18)17(15-10)12-3-2-11(9-13(12)22(19)20)16-4-6-21-7-5-16;1-2-3-5(7)4-6(8)9/h2-3,9,12H,4-8H2,1H3;2-4H2,1H3,(H,8,9). The van der Waals surface area contributed by atoms with Crippen molar-refractivity contribution in [3.8, 4) is 0 Å². The van der Waals surface area contributed by atoms with Crippen molar-refractivity contribution in [1.29, 1.82) is 0 Å². The Morgan fingerprint density at radius 3 is 2.48 bits per heavy atom. The van der Waals surface area contributed by atoms with Gasteiger partial charge in [-0.3, -0.25) is 14.4 Å². The molecule has 1 saturated heterocycles. The molecule has 3 aliphatic rings. The van der Waals surface area contributed by atoms with Crippen molar-refractivity contribution < 1.29 is 32.6 Å². The number of ketones is 1. The summed E-state index contributed by atoms with van der Waals surface area (Å²) in [5, 5.41) is 13.5. The molecule has 2 heterocycles. The van der Waals surface area contributed by atoms with Gasteiger partial charge >= 0.3 is 5.97 Å². The number of hydrogen-bond donors (Lipinski definition) is 1. The third kappa shape index (κ3) is 7.14. The number of carbonyl (C=O) groups excluding carboxylic acids is 2. The first-order valence-corrected chi connectivity index (χ1v) is 11.1. The predicted molar refractivity (Wildman–Crippen MR) is 114 cm³/mol. The van der Waals surface area contributed by atoms with Gasteiger partial charge in [0.05, 0.1) is 19.6 Å². The number of carboxylic acid groups (broad SMARTS) is 1. The van der Waals surface area contributed by atoms with Crippen LogP contribution in [0.1, 0.15) is 39.5 Å². The average Bonchev–Trinajstić information content (AvgIpc) is 3.06. The molecule has 1 unspecified atom stereocenters. The largest absolute Gasteiger partial charge is 0.481 e. The van der Waals surface area contributed by atoms with Crippen LogP contribution >= 0.6 is 0 Å². The zero-order valence-electron chi connectivity index (χ0n) is 17.6. The summed E-state index contributed by atoms with van der Waals surface area (Å²) in [5.41, 5.74) is 1.52. The summed E-state index contributed by atoms with van der Waals surface area (Å²) >= 11 is 0. The highest BCUT2D eigenvalue weighted by molar-refractivity contribution is 7.73. The van der Waals surface area contributed by atoms with E-state index in [1.54, 1.807) is 19.1 Å². The van der Waals surface area contributed by atoms with Crippen LogP contribution in [0.3, 0.4) is 0 Å². The van der Waals surface area contributed by atoms with E-state index < -0.39 is 22.3 Å². The van der Waals surface area contributed by atoms with E-state index in [4.69, 9.17) is 9.84 Å². The molecule has 0 bridgehead atoms. The number of carbonyl (C=O) groups is 3. The monoisotopic (exact) mass is 453 g/mol. The second-order valence-corrected chi connectivity index (χ2v) is 8.16. The molecule has 1 aliphatic carbocycles. The molecule has 3 rings (SSSR count). The minimum absolute atomic E-state index is 0.163. The lowest BCUT2D eigenvalue weighted by Gasteiger charge is -2.32. The third-order valence-corrected chi connectivity index (χ3v) is 5.43. The van der Waals surface area contributed by atoms with Crippen molar-refractivity contribution in [1.82, 2.24) is 9.91 Å². The summed E-state index contributed by atoms with van der Waals surface area (Å²) in [6.07, 6.45) is 6.21. The molecule has 0 aromatic carbocycles. The molecule has 0 aromatic heterocycles. The SMILES string of the molecule is CC1=NN(C2C=CC(N3CCOCC3)=CC2=S(=O)=O)C(=O)C1.CCCC(=O)CC(=O)O. The maximum Gasteiger partial charge on any atom is 0.310 e. The van der Waals surface area contributed by atoms with E-state index in [0.717, 1.165) is 25.2 Å². The Balaban J connectivity index is 0.000000323. The van der Waals surface area contributed by atoms with Gasteiger partial charge in [0.15, 0.2) is 0 Å². The van der Waals surface area contributed by atoms with E-state index in [0.29, 0.717) is 25.3 Å². The van der Waals surface area contributed by atoms with Crippen LogP contribution in [0.25, 0.3) is 0 Å². The van der Waals surface area contributed by atoms with Crippen LogP contribution in [-0.4, -0.2) is 84.0 Å². The number of allylic oxidation sites excluding steroid dienone is 1. The zero-order valence-corrected chi connectivity index (χ0v) is 18.4. The predicted octanol–water partition coefficient (Wildman–Crippen LogP) is 0.631. The maximum absolute atomic E-state index is 12.0. The maximum atomic E-state index is 12.0. The number of aliphatic carboxylic acids is 1. The van der Waals surface area contributed by atoms with Gasteiger partial charge in [0, 0.05) is 30.9 Å². The van der Waals surface area contributed by atoms with E-state index in [-0.39, 0.29) is 29.4 Å². The fourth-order valence-corrected chi connectivity index (χ4v) is 3.85. The first-order chi connectivity index (χ1) is 14.7. The summed E-state index contributed by atoms with van der Waals surface area (Å²) in [6.45, 7) is 6.29. The van der Waals surface area contributed by atoms with Gasteiger partial charge in [0.1, 0.15) is 23.1 Å². The van der Waals surface area contributed by atoms with Crippen LogP contribution in [0.2, 0.25) is 0 Å². The fourth-order valence-electron chi connectivity index (χ4n) is 3.26. The summed E-state index contributed by atoms with van der Waals surface area (Å²) in [5.74, 6) is -1.41. The highest BCUT2D eigenvalue weighted by atomic mass is 32.2. The molecule has 1 amide bonds. The average molecular weight is 454 g/mol. The van der Waals surface area contributed by atoms with E-state index in [1.807, 2.05) is 13.0 Å². The second kappa shape index (κ2) is 11.6. The molecule has 2 aliphatic heterocycles. The van der Waals surface area contributed by atoms with Crippen molar-refractivity contribution >= 4 is 38.5 Å². The molecule has 11 heteroatoms. The van der Waals surface area contributed by atoms with Crippen LogP contribution in [0.5, 0.6) is 0 Å². The smallest absolute Gasteiger partial charge is 0.310 e. The Bertz CT molecular complexity index is 936. The topological polar surface area (TPSA) is 134 Å². The summed E-state index contributed by atoms with van der Waals surface area (Å²) in [6, 6.07) is -0.659. The molecule has 1 atom stereocenters. The van der Waals surface area contributed by atoms with Gasteiger partial charge in [0.25, 0.3) is 0 Å². The minimum Gasteiger partial charge on any atom is -0.481 e. The first kappa shape index (κ1) is 24.5. The highest BCUT2D eigenvalue weighted by Gasteiger charge is 2.32. The van der Waals surface area contributed by atoms with Gasteiger partial charge in [-0.15, -0.1) is 0 Å². The number of ether oxygens (including phenoxy) is 1. The molecule has 10 nitrogen and oxygen atoms in total. The van der Waals surface area contributed by atoms with Crippen molar-refractivity contribution in [2.45, 2.75) is 45.6 Å². The van der Waals surface area contributed by atoms with Crippen LogP contribution in [0.4, 0.5) is 0 Å². The van der Waals surface area contributed by atoms with E-state index >= 15 is 0 Å². The van der Waals surface area contributed by atoms with Crippen molar-refractivity contribution in [3.63, 3.8) is 0 Å². The summed E-state index contributed by atoms with van der Waals surface area (Å²) < 4.78 is 28.5. The van der Waals surface area contributed by atoms with Crippen LogP contribution < -0.4 is 0 Å². The molecule has 0 spiro atoms. The number of carboxylic acids is 1. The number of nitrogens with zero attached hydrogens (tertiary/aromatic N) is 3. The zero-order chi connectivity index (χ0) is 23.0. The van der Waals surface area contributed by atoms with Crippen molar-refractivity contribution in [3.05, 3.63) is 23.9 Å². The van der Waals surface area contributed by atoms with Gasteiger partial charge in [-0.05, 0) is 25.5 Å². The first-order valence-electron chi connectivity index (χ1n) is 10.0. The van der Waals surface area contributed by atoms with Crippen molar-refractivity contribution in [2.75, 3.05) is 26.3 Å². The Morgan fingerprint density at radius 2 is 1.97 bits per heavy atom. The lowest BCUT2D eigenvalue weighted by atomic mass is 10.0. The Morgan fingerprint density at radius 1 is 1.29 bits per heavy atom. The molecule has 0 saturated carbocycles. The normalized spacial score (nSPS) is 20.6. The molecule has 0 aromatic rings. The van der Waals surface area contributed by atoms with Gasteiger partial charge in [-0.2, -0.15) is 13.5 Å². The van der Waals surface area contributed by atoms with Gasteiger partial charge in [-0.1, -0.05) is 13.0 Å². The van der Waals surface area contributed by atoms with Crippen LogP contribution in [-0.2, 0) is 29.4 Å². The summed E-state index contributed by atoms with van der Waals surface area (Å²) in [7, 11) is -2.41. The Hall–Kier alpha value is -2.79. The Labute approximate surface area is 182 Å². The molecule has 1 N–H and O–H groups in total. The fraction of sp³-hybridized carbons (Fsp3) is 0.550. The highest BCUT2D eigenvalue weighted by Crippen LogP contribution is 2.21. The lowest BCUT2D eigenvalue weighted by Crippen LogP contribution is -2.41. The molecular formula is C20H27N3O7S. The van der Waals surface area contributed by atoms with Gasteiger partial charge in [-0.25, -0.2) is 5.01 Å². The number of hydrogen-bond acceptors (Lipinski definition) is 8. The summed E-state index contributed by atoms with van der Waals surface area (Å²) in [4.78, 5) is 34.5. The van der Waals surface area contributed by atoms with Gasteiger partial charge < -0.3 is 14.7 Å². The molecule has 0 radical (unpaired) electrons. The van der Waals surface area contributed by atoms with Crippen LogP contribution in [0, 0.1) is 0 Å². The molecule has 31 heavy (non-hydrogen) atoms. The molecule has 170 valence electrons. The van der Waals surface area contributed by atoms with E-state index in [9.17, 15) is 22.8 Å². The molecule has 1 fully saturated rings. The molecular weight excluding hydrogens is 426 g/mol. The Kier molecular flexibility index (Phi) is 9.13.